The fourth-order valence-electron chi connectivity index (χ4n) is 5.61. The first kappa shape index (κ1) is 36.7. The van der Waals surface area contributed by atoms with Crippen LogP contribution in [0.25, 0.3) is 5.69 Å². The predicted octanol–water partition coefficient (Wildman–Crippen LogP) is 4.41. The number of benzene rings is 1. The molecule has 17 heteroatoms. The fourth-order valence-corrected chi connectivity index (χ4v) is 6.83. The smallest absolute Gasteiger partial charge is 0.360 e. The first-order valence-electron chi connectivity index (χ1n) is 15.0. The van der Waals surface area contributed by atoms with Crippen LogP contribution in [-0.4, -0.2) is 68.5 Å². The minimum absolute atomic E-state index is 0.0558. The molecular weight excluding hydrogens is 623 g/mol. The molecular formula is C29H43N6O10P. The van der Waals surface area contributed by atoms with Crippen molar-refractivity contribution in [2.75, 3.05) is 14.2 Å². The van der Waals surface area contributed by atoms with Gasteiger partial charge in [-0.15, -0.1) is 0 Å². The molecule has 46 heavy (non-hydrogen) atoms. The summed E-state index contributed by atoms with van der Waals surface area (Å²) in [5.74, 6) is -2.70. The van der Waals surface area contributed by atoms with Crippen molar-refractivity contribution in [3.05, 3.63) is 56.6 Å². The molecule has 0 spiro atoms. The summed E-state index contributed by atoms with van der Waals surface area (Å²) >= 11 is 0. The molecule has 3 N–H and O–H groups in total. The van der Waals surface area contributed by atoms with Gasteiger partial charge in [0.15, 0.2) is 5.85 Å². The zero-order valence-corrected chi connectivity index (χ0v) is 27.6. The van der Waals surface area contributed by atoms with E-state index in [-0.39, 0.29) is 24.4 Å². The maximum atomic E-state index is 13.9. The van der Waals surface area contributed by atoms with Crippen molar-refractivity contribution in [3.63, 3.8) is 0 Å². The van der Waals surface area contributed by atoms with Gasteiger partial charge in [-0.2, -0.15) is 0 Å². The Morgan fingerprint density at radius 3 is 2.17 bits per heavy atom. The summed E-state index contributed by atoms with van der Waals surface area (Å²) < 4.78 is 24.6. The second kappa shape index (κ2) is 15.7. The minimum Gasteiger partial charge on any atom is -0.379 e. The number of aromatic nitrogens is 2. The van der Waals surface area contributed by atoms with Crippen molar-refractivity contribution in [1.82, 2.24) is 20.2 Å². The molecule has 1 aromatic carbocycles. The highest BCUT2D eigenvalue weighted by molar-refractivity contribution is 7.54. The van der Waals surface area contributed by atoms with Crippen LogP contribution in [0.1, 0.15) is 71.4 Å². The average molecular weight is 667 g/mol. The van der Waals surface area contributed by atoms with Gasteiger partial charge in [0, 0.05) is 51.1 Å². The van der Waals surface area contributed by atoms with Crippen molar-refractivity contribution >= 4 is 30.8 Å². The van der Waals surface area contributed by atoms with Crippen LogP contribution >= 0.6 is 7.60 Å². The zero-order valence-electron chi connectivity index (χ0n) is 26.7. The van der Waals surface area contributed by atoms with Gasteiger partial charge >= 0.3 is 7.60 Å². The van der Waals surface area contributed by atoms with E-state index >= 15 is 0 Å². The lowest BCUT2D eigenvalue weighted by Gasteiger charge is -2.33. The zero-order chi connectivity index (χ0) is 34.2. The van der Waals surface area contributed by atoms with Gasteiger partial charge in [-0.05, 0) is 17.8 Å². The monoisotopic (exact) mass is 666 g/mol. The Bertz CT molecular complexity index is 1410. The van der Waals surface area contributed by atoms with Crippen LogP contribution in [0.3, 0.4) is 0 Å². The summed E-state index contributed by atoms with van der Waals surface area (Å²) in [6, 6.07) is 0.807. The van der Waals surface area contributed by atoms with Gasteiger partial charge in [-0.25, -0.2) is 4.98 Å². The van der Waals surface area contributed by atoms with E-state index in [0.29, 0.717) is 12.1 Å². The SMILES string of the molecule is COP(=O)(OC)C(O)[C@H](CC1CCCCC1)NC(=O)[C@H](Cc1cncn1-c1cc([N+](=O)[O-])cc([N+](=O)[O-])c1)NC(=O)CC(C)(C)C. The number of hydrogen-bond donors (Lipinski definition) is 3. The van der Waals surface area contributed by atoms with Gasteiger partial charge in [0.05, 0.1) is 34.0 Å². The number of aliphatic hydroxyl groups excluding tert-OH is 1. The number of non-ortho nitro benzene ring substituents is 2. The molecule has 1 heterocycles. The Hall–Kier alpha value is -3.72. The van der Waals surface area contributed by atoms with Gasteiger partial charge < -0.3 is 29.4 Å². The van der Waals surface area contributed by atoms with Crippen molar-refractivity contribution in [2.24, 2.45) is 11.3 Å². The van der Waals surface area contributed by atoms with Gasteiger partial charge in [-0.1, -0.05) is 52.9 Å². The standard InChI is InChI=1S/C29H43N6O10P/c1-29(2,3)16-26(36)31-24(15-23-17-30-18-33(23)20-12-21(34(39)40)14-22(13-20)35(41)42)27(37)32-25(11-19-9-7-6-8-10-19)28(38)46(43,44-4)45-5/h12-14,17-19,24-25,28,38H,6-11,15-16H2,1-5H3,(H,31,36)(H,32,37)/t24-,25-,28?/m0/s1. The van der Waals surface area contributed by atoms with Gasteiger partial charge in [0.2, 0.25) is 11.8 Å². The number of nitrogens with zero attached hydrogens (tertiary/aromatic N) is 4. The third-order valence-corrected chi connectivity index (χ3v) is 9.92. The normalized spacial score (nSPS) is 16.3. The quantitative estimate of drug-likeness (QED) is 0.137. The molecule has 0 aliphatic heterocycles. The number of nitro benzene ring substituents is 2. The third kappa shape index (κ3) is 9.89. The van der Waals surface area contributed by atoms with Crippen molar-refractivity contribution in [3.8, 4) is 5.69 Å². The van der Waals surface area contributed by atoms with Gasteiger partial charge in [0.25, 0.3) is 11.4 Å². The van der Waals surface area contributed by atoms with Crippen LogP contribution in [-0.2, 0) is 29.6 Å². The lowest BCUT2D eigenvalue weighted by Crippen LogP contribution is -2.54. The number of imidazole rings is 1. The molecule has 1 fully saturated rings. The van der Waals surface area contributed by atoms with Gasteiger partial charge in [0.1, 0.15) is 6.04 Å². The van der Waals surface area contributed by atoms with Crippen LogP contribution < -0.4 is 10.6 Å². The number of amides is 2. The van der Waals surface area contributed by atoms with E-state index in [1.54, 1.807) is 0 Å². The molecule has 0 saturated heterocycles. The fraction of sp³-hybridized carbons (Fsp3) is 0.621. The molecule has 1 aliphatic rings. The molecule has 0 radical (unpaired) electrons. The molecule has 1 aromatic heterocycles. The van der Waals surface area contributed by atoms with E-state index in [4.69, 9.17) is 9.05 Å². The Morgan fingerprint density at radius 1 is 1.07 bits per heavy atom. The van der Waals surface area contributed by atoms with E-state index in [1.807, 2.05) is 20.8 Å². The number of aliphatic hydroxyl groups is 1. The summed E-state index contributed by atoms with van der Waals surface area (Å²) in [5, 5.41) is 39.7. The lowest BCUT2D eigenvalue weighted by atomic mass is 9.85. The van der Waals surface area contributed by atoms with E-state index in [9.17, 15) is 39.5 Å². The summed E-state index contributed by atoms with van der Waals surface area (Å²) in [7, 11) is -1.76. The van der Waals surface area contributed by atoms with Crippen molar-refractivity contribution in [1.29, 1.82) is 0 Å². The lowest BCUT2D eigenvalue weighted by molar-refractivity contribution is -0.394. The highest BCUT2D eigenvalue weighted by Crippen LogP contribution is 2.52. The molecule has 254 valence electrons. The van der Waals surface area contributed by atoms with Crippen LogP contribution in [0.4, 0.5) is 11.4 Å². The number of nitro groups is 2. The predicted molar refractivity (Wildman–Crippen MR) is 167 cm³/mol. The van der Waals surface area contributed by atoms with Crippen LogP contribution in [0.2, 0.25) is 0 Å². The molecule has 1 aliphatic carbocycles. The highest BCUT2D eigenvalue weighted by Gasteiger charge is 2.41. The van der Waals surface area contributed by atoms with Crippen molar-refractivity contribution < 1.29 is 38.2 Å². The molecule has 16 nitrogen and oxygen atoms in total. The molecule has 1 unspecified atom stereocenters. The maximum absolute atomic E-state index is 13.9. The van der Waals surface area contributed by atoms with E-state index in [0.717, 1.165) is 64.5 Å². The highest BCUT2D eigenvalue weighted by atomic mass is 31.2. The second-order valence-electron chi connectivity index (χ2n) is 12.7. The molecule has 2 amide bonds. The van der Waals surface area contributed by atoms with Crippen LogP contribution in [0.5, 0.6) is 0 Å². The largest absolute Gasteiger partial charge is 0.379 e. The number of carbonyl (C=O) groups is 2. The van der Waals surface area contributed by atoms with Gasteiger partial charge in [-0.3, -0.25) is 34.4 Å². The molecule has 3 atom stereocenters. The molecule has 1 saturated carbocycles. The van der Waals surface area contributed by atoms with Crippen LogP contribution in [0, 0.1) is 31.6 Å². The summed E-state index contributed by atoms with van der Waals surface area (Å²) in [6.07, 6.45) is 7.62. The Balaban J connectivity index is 1.99. The average Bonchev–Trinajstić information content (AvgIpc) is 3.47. The molecule has 2 aromatic rings. The Labute approximate surface area is 267 Å². The number of carbonyl (C=O) groups excluding carboxylic acids is 2. The third-order valence-electron chi connectivity index (χ3n) is 7.89. The topological polar surface area (TPSA) is 218 Å². The number of hydrogen-bond acceptors (Lipinski definition) is 11. The molecule has 0 bridgehead atoms. The van der Waals surface area contributed by atoms with Crippen LogP contribution in [0.15, 0.2) is 30.7 Å². The number of nitrogens with one attached hydrogen (secondary N) is 2. The first-order chi connectivity index (χ1) is 21.6. The number of rotatable bonds is 15. The van der Waals surface area contributed by atoms with Crippen molar-refractivity contribution in [2.45, 2.75) is 90.1 Å². The first-order valence-corrected chi connectivity index (χ1v) is 16.6. The second-order valence-corrected chi connectivity index (χ2v) is 15.1. The maximum Gasteiger partial charge on any atom is 0.360 e. The Morgan fingerprint density at radius 2 is 1.65 bits per heavy atom. The molecule has 3 rings (SSSR count). The summed E-state index contributed by atoms with van der Waals surface area (Å²) in [4.78, 5) is 52.6. The van der Waals surface area contributed by atoms with E-state index in [2.05, 4.69) is 15.6 Å². The minimum atomic E-state index is -4.04. The summed E-state index contributed by atoms with van der Waals surface area (Å²) in [5.41, 5.74) is -1.10. The van der Waals surface area contributed by atoms with E-state index < -0.39 is 64.0 Å². The summed E-state index contributed by atoms with van der Waals surface area (Å²) in [6.45, 7) is 5.57. The Kier molecular flexibility index (Phi) is 12.6. The van der Waals surface area contributed by atoms with E-state index in [1.165, 1.54) is 17.1 Å².